The van der Waals surface area contributed by atoms with Gasteiger partial charge in [0.25, 0.3) is 5.56 Å². The van der Waals surface area contributed by atoms with Gasteiger partial charge in [0.15, 0.2) is 5.56 Å². The van der Waals surface area contributed by atoms with Gasteiger partial charge in [0.1, 0.15) is 11.9 Å². The molecule has 1 aliphatic heterocycles. The Bertz CT molecular complexity index is 723. The molecule has 0 radical (unpaired) electrons. The van der Waals surface area contributed by atoms with Crippen LogP contribution in [0.1, 0.15) is 26.3 Å². The van der Waals surface area contributed by atoms with Gasteiger partial charge in [-0.2, -0.15) is 5.26 Å². The van der Waals surface area contributed by atoms with Crippen molar-refractivity contribution in [1.82, 2.24) is 9.13 Å². The average molecular weight is 292 g/mol. The minimum Gasteiger partial charge on any atom is -0.369 e. The predicted molar refractivity (Wildman–Crippen MR) is 78.5 cm³/mol. The van der Waals surface area contributed by atoms with Gasteiger partial charge in [-0.15, -0.1) is 0 Å². The molecule has 1 unspecified atom stereocenters. The fraction of sp³-hybridized carbons (Fsp3) is 0.643. The second-order valence-electron chi connectivity index (χ2n) is 6.08. The van der Waals surface area contributed by atoms with E-state index in [2.05, 4.69) is 0 Å². The summed E-state index contributed by atoms with van der Waals surface area (Å²) in [5, 5.41) is 9.33. The molecule has 0 aliphatic carbocycles. The van der Waals surface area contributed by atoms with Crippen LogP contribution in [0.2, 0.25) is 0 Å². The average Bonchev–Trinajstić information content (AvgIpc) is 2.37. The molecule has 0 amide bonds. The van der Waals surface area contributed by atoms with E-state index in [1.165, 1.54) is 11.6 Å². The van der Waals surface area contributed by atoms with Crippen LogP contribution in [0, 0.1) is 11.3 Å². The summed E-state index contributed by atoms with van der Waals surface area (Å²) in [6, 6.07) is 1.94. The van der Waals surface area contributed by atoms with Gasteiger partial charge in [0.2, 0.25) is 0 Å². The lowest BCUT2D eigenvalue weighted by molar-refractivity contribution is -0.0753. The van der Waals surface area contributed by atoms with E-state index in [4.69, 9.17) is 4.74 Å². The fourth-order valence-corrected chi connectivity index (χ4v) is 2.92. The Morgan fingerprint density at radius 1 is 1.29 bits per heavy atom. The second kappa shape index (κ2) is 5.04. The van der Waals surface area contributed by atoms with Gasteiger partial charge in [-0.3, -0.25) is 13.9 Å². The van der Waals surface area contributed by atoms with Crippen LogP contribution in [0.25, 0.3) is 0 Å². The second-order valence-corrected chi connectivity index (χ2v) is 6.08. The zero-order chi connectivity index (χ0) is 15.9. The lowest BCUT2D eigenvalue weighted by Gasteiger charge is -2.43. The van der Waals surface area contributed by atoms with Gasteiger partial charge in [-0.25, -0.2) is 4.79 Å². The minimum atomic E-state index is -0.562. The SMILES string of the molecule is CC1CN(c2c(C#N)c(=O)n(C)c(=O)n2C)CC(C)(C)O1. The molecule has 1 saturated heterocycles. The molecular formula is C14H20N4O3. The van der Waals surface area contributed by atoms with E-state index in [9.17, 15) is 14.9 Å². The van der Waals surface area contributed by atoms with Gasteiger partial charge >= 0.3 is 5.69 Å². The first-order valence-electron chi connectivity index (χ1n) is 6.81. The van der Waals surface area contributed by atoms with Gasteiger partial charge < -0.3 is 9.64 Å². The number of anilines is 1. The number of ether oxygens (including phenoxy) is 1. The van der Waals surface area contributed by atoms with Gasteiger partial charge in [0.05, 0.1) is 11.7 Å². The summed E-state index contributed by atoms with van der Waals surface area (Å²) in [4.78, 5) is 26.2. The Morgan fingerprint density at radius 3 is 2.43 bits per heavy atom. The molecule has 7 heteroatoms. The minimum absolute atomic E-state index is 0.00972. The maximum Gasteiger partial charge on any atom is 0.332 e. The molecule has 2 rings (SSSR count). The van der Waals surface area contributed by atoms with Crippen LogP contribution in [-0.2, 0) is 18.8 Å². The van der Waals surface area contributed by atoms with E-state index >= 15 is 0 Å². The van der Waals surface area contributed by atoms with Gasteiger partial charge in [-0.05, 0) is 20.8 Å². The number of aromatic nitrogens is 2. The molecule has 1 fully saturated rings. The highest BCUT2D eigenvalue weighted by atomic mass is 16.5. The third-order valence-corrected chi connectivity index (χ3v) is 3.61. The van der Waals surface area contributed by atoms with E-state index in [1.807, 2.05) is 31.7 Å². The largest absolute Gasteiger partial charge is 0.369 e. The van der Waals surface area contributed by atoms with Crippen LogP contribution < -0.4 is 16.1 Å². The summed E-state index contributed by atoms with van der Waals surface area (Å²) < 4.78 is 8.14. The molecule has 0 bridgehead atoms. The molecule has 0 spiro atoms. The molecule has 0 aromatic carbocycles. The van der Waals surface area contributed by atoms with Crippen molar-refractivity contribution in [3.8, 4) is 6.07 Å². The molecule has 0 saturated carbocycles. The molecule has 0 N–H and O–H groups in total. The van der Waals surface area contributed by atoms with Crippen molar-refractivity contribution in [2.24, 2.45) is 14.1 Å². The van der Waals surface area contributed by atoms with Crippen molar-refractivity contribution in [2.75, 3.05) is 18.0 Å². The number of nitrogens with zero attached hydrogens (tertiary/aromatic N) is 4. The quantitative estimate of drug-likeness (QED) is 0.725. The molecule has 1 atom stereocenters. The molecule has 1 aromatic heterocycles. The van der Waals surface area contributed by atoms with Crippen LogP contribution in [0.4, 0.5) is 5.82 Å². The highest BCUT2D eigenvalue weighted by Crippen LogP contribution is 2.26. The van der Waals surface area contributed by atoms with E-state index in [-0.39, 0.29) is 11.7 Å². The van der Waals surface area contributed by atoms with Crippen molar-refractivity contribution in [3.63, 3.8) is 0 Å². The standard InChI is InChI=1S/C14H20N4O3/c1-9-7-18(8-14(2,3)21-9)11-10(6-15)12(19)17(5)13(20)16(11)4/h9H,7-8H2,1-5H3. The van der Waals surface area contributed by atoms with Crippen molar-refractivity contribution in [2.45, 2.75) is 32.5 Å². The first-order valence-corrected chi connectivity index (χ1v) is 6.81. The van der Waals surface area contributed by atoms with Crippen molar-refractivity contribution in [1.29, 1.82) is 5.26 Å². The number of hydrogen-bond acceptors (Lipinski definition) is 5. The normalized spacial score (nSPS) is 21.1. The summed E-state index contributed by atoms with van der Waals surface area (Å²) in [7, 11) is 2.95. The summed E-state index contributed by atoms with van der Waals surface area (Å²) in [5.74, 6) is 0.369. The highest BCUT2D eigenvalue weighted by Gasteiger charge is 2.34. The van der Waals surface area contributed by atoms with Crippen LogP contribution in [-0.4, -0.2) is 33.9 Å². The number of rotatable bonds is 1. The Hall–Kier alpha value is -2.07. The third-order valence-electron chi connectivity index (χ3n) is 3.61. The molecule has 2 heterocycles. The van der Waals surface area contributed by atoms with E-state index < -0.39 is 16.9 Å². The number of nitriles is 1. The smallest absolute Gasteiger partial charge is 0.332 e. The lowest BCUT2D eigenvalue weighted by Crippen LogP contribution is -2.54. The Labute approximate surface area is 123 Å². The molecule has 1 aliphatic rings. The van der Waals surface area contributed by atoms with Gasteiger partial charge in [0, 0.05) is 27.2 Å². The van der Waals surface area contributed by atoms with Crippen LogP contribution >= 0.6 is 0 Å². The zero-order valence-corrected chi connectivity index (χ0v) is 13.0. The van der Waals surface area contributed by atoms with Crippen LogP contribution in [0.5, 0.6) is 0 Å². The summed E-state index contributed by atoms with van der Waals surface area (Å²) in [6.07, 6.45) is -0.0561. The molecule has 21 heavy (non-hydrogen) atoms. The van der Waals surface area contributed by atoms with E-state index in [0.717, 1.165) is 4.57 Å². The summed E-state index contributed by atoms with van der Waals surface area (Å²) in [6.45, 7) is 6.85. The highest BCUT2D eigenvalue weighted by molar-refractivity contribution is 5.54. The zero-order valence-electron chi connectivity index (χ0n) is 13.0. The Balaban J connectivity index is 2.67. The van der Waals surface area contributed by atoms with Crippen molar-refractivity contribution >= 4 is 5.82 Å². The summed E-state index contributed by atoms with van der Waals surface area (Å²) in [5.41, 5.74) is -1.43. The van der Waals surface area contributed by atoms with Crippen molar-refractivity contribution in [3.05, 3.63) is 26.4 Å². The molecular weight excluding hydrogens is 272 g/mol. The number of morpholine rings is 1. The monoisotopic (exact) mass is 292 g/mol. The molecule has 114 valence electrons. The van der Waals surface area contributed by atoms with Crippen molar-refractivity contribution < 1.29 is 4.74 Å². The first kappa shape index (κ1) is 15.3. The van der Waals surface area contributed by atoms with Crippen LogP contribution in [0.3, 0.4) is 0 Å². The molecule has 7 nitrogen and oxygen atoms in total. The Morgan fingerprint density at radius 2 is 1.90 bits per heavy atom. The predicted octanol–water partition coefficient (Wildman–Crippen LogP) is -0.0406. The third kappa shape index (κ3) is 2.59. The van der Waals surface area contributed by atoms with E-state index in [1.54, 1.807) is 7.05 Å². The Kier molecular flexibility index (Phi) is 3.68. The number of hydrogen-bond donors (Lipinski definition) is 0. The fourth-order valence-electron chi connectivity index (χ4n) is 2.92. The molecule has 1 aromatic rings. The lowest BCUT2D eigenvalue weighted by atomic mass is 10.1. The summed E-state index contributed by atoms with van der Waals surface area (Å²) >= 11 is 0. The van der Waals surface area contributed by atoms with Crippen LogP contribution in [0.15, 0.2) is 9.59 Å². The topological polar surface area (TPSA) is 80.3 Å². The first-order chi connectivity index (χ1) is 9.68. The maximum atomic E-state index is 12.1. The van der Waals surface area contributed by atoms with E-state index in [0.29, 0.717) is 18.9 Å². The van der Waals surface area contributed by atoms with Gasteiger partial charge in [-0.1, -0.05) is 0 Å². The maximum absolute atomic E-state index is 12.1.